The van der Waals surface area contributed by atoms with Gasteiger partial charge in [-0.15, -0.1) is 0 Å². The van der Waals surface area contributed by atoms with Crippen molar-refractivity contribution < 1.29 is 4.79 Å². The molecule has 0 aliphatic heterocycles. The highest BCUT2D eigenvalue weighted by atomic mass is 32.1. The molecule has 0 bridgehead atoms. The van der Waals surface area contributed by atoms with Crippen LogP contribution in [-0.4, -0.2) is 17.6 Å². The Labute approximate surface area is 148 Å². The largest absolute Gasteiger partial charge is 0.353 e. The first-order valence-electron chi connectivity index (χ1n) is 7.84. The van der Waals surface area contributed by atoms with Crippen LogP contribution < -0.4 is 16.0 Å². The number of hydrogen-bond acceptors (Lipinski definition) is 2. The van der Waals surface area contributed by atoms with E-state index in [1.165, 1.54) is 0 Å². The summed E-state index contributed by atoms with van der Waals surface area (Å²) in [5, 5.41) is 9.40. The summed E-state index contributed by atoms with van der Waals surface area (Å²) >= 11 is 5.25. The summed E-state index contributed by atoms with van der Waals surface area (Å²) in [6, 6.07) is 12.0. The zero-order valence-electron chi connectivity index (χ0n) is 14.5. The van der Waals surface area contributed by atoms with E-state index in [2.05, 4.69) is 22.0 Å². The Morgan fingerprint density at radius 1 is 0.958 bits per heavy atom. The fourth-order valence-corrected chi connectivity index (χ4v) is 2.77. The lowest BCUT2D eigenvalue weighted by Gasteiger charge is -2.14. The average Bonchev–Trinajstić information content (AvgIpc) is 2.48. The van der Waals surface area contributed by atoms with Gasteiger partial charge in [0.15, 0.2) is 5.11 Å². The van der Waals surface area contributed by atoms with Gasteiger partial charge in [0.05, 0.1) is 6.54 Å². The molecule has 5 heteroatoms. The minimum Gasteiger partial charge on any atom is -0.353 e. The van der Waals surface area contributed by atoms with Crippen LogP contribution in [0.1, 0.15) is 22.3 Å². The predicted octanol–water partition coefficient (Wildman–Crippen LogP) is 3.85. The topological polar surface area (TPSA) is 53.2 Å². The fourth-order valence-electron chi connectivity index (χ4n) is 2.58. The molecule has 0 spiro atoms. The van der Waals surface area contributed by atoms with Crippen LogP contribution in [0.5, 0.6) is 0 Å². The molecule has 0 fully saturated rings. The van der Waals surface area contributed by atoms with Crippen LogP contribution in [0.4, 0.5) is 11.4 Å². The molecule has 0 aliphatic rings. The van der Waals surface area contributed by atoms with Crippen molar-refractivity contribution in [2.45, 2.75) is 27.7 Å². The molecule has 2 aromatic rings. The molecule has 24 heavy (non-hydrogen) atoms. The van der Waals surface area contributed by atoms with Gasteiger partial charge in [-0.1, -0.05) is 24.3 Å². The number of para-hydroxylation sites is 1. The van der Waals surface area contributed by atoms with Crippen LogP contribution >= 0.6 is 12.2 Å². The molecule has 1 amide bonds. The van der Waals surface area contributed by atoms with Gasteiger partial charge < -0.3 is 16.0 Å². The van der Waals surface area contributed by atoms with Gasteiger partial charge in [-0.2, -0.15) is 0 Å². The average molecular weight is 341 g/mol. The fraction of sp³-hybridized carbons (Fsp3) is 0.263. The van der Waals surface area contributed by atoms with Crippen LogP contribution in [0.3, 0.4) is 0 Å². The molecule has 0 atom stereocenters. The molecule has 0 unspecified atom stereocenters. The number of carbonyl (C=O) groups excluding carboxylic acids is 1. The first kappa shape index (κ1) is 17.9. The summed E-state index contributed by atoms with van der Waals surface area (Å²) in [6.45, 7) is 8.13. The highest BCUT2D eigenvalue weighted by Gasteiger charge is 2.08. The van der Waals surface area contributed by atoms with Crippen molar-refractivity contribution in [2.75, 3.05) is 17.2 Å². The Hall–Kier alpha value is -2.40. The van der Waals surface area contributed by atoms with Gasteiger partial charge in [-0.25, -0.2) is 0 Å². The molecular formula is C19H23N3OS. The van der Waals surface area contributed by atoms with Crippen molar-refractivity contribution in [1.82, 2.24) is 5.32 Å². The highest BCUT2D eigenvalue weighted by molar-refractivity contribution is 7.80. The number of nitrogens with one attached hydrogen (secondary N) is 3. The Kier molecular flexibility index (Phi) is 5.93. The van der Waals surface area contributed by atoms with Gasteiger partial charge in [-0.3, -0.25) is 4.79 Å². The van der Waals surface area contributed by atoms with E-state index in [4.69, 9.17) is 12.2 Å². The summed E-state index contributed by atoms with van der Waals surface area (Å²) in [5.74, 6) is -0.128. The van der Waals surface area contributed by atoms with Crippen molar-refractivity contribution in [1.29, 1.82) is 0 Å². The van der Waals surface area contributed by atoms with Crippen LogP contribution in [0.15, 0.2) is 36.4 Å². The molecule has 0 aliphatic carbocycles. The van der Waals surface area contributed by atoms with E-state index in [1.807, 2.05) is 58.0 Å². The molecule has 126 valence electrons. The van der Waals surface area contributed by atoms with E-state index in [0.717, 1.165) is 33.6 Å². The second-order valence-corrected chi connectivity index (χ2v) is 6.41. The third-order valence-corrected chi connectivity index (χ3v) is 3.88. The SMILES string of the molecule is Cc1cc(C)cc(NC(=S)NCC(=O)Nc2c(C)cccc2C)c1. The van der Waals surface area contributed by atoms with Crippen molar-refractivity contribution in [3.63, 3.8) is 0 Å². The summed E-state index contributed by atoms with van der Waals surface area (Å²) in [6.07, 6.45) is 0. The molecule has 0 saturated carbocycles. The number of thiocarbonyl (C=S) groups is 1. The van der Waals surface area contributed by atoms with Gasteiger partial charge in [0, 0.05) is 11.4 Å². The molecule has 0 saturated heterocycles. The standard InChI is InChI=1S/C19H23N3OS/c1-12-8-13(2)10-16(9-12)21-19(24)20-11-17(23)22-18-14(3)6-5-7-15(18)4/h5-10H,11H2,1-4H3,(H,22,23)(H2,20,21,24). The lowest BCUT2D eigenvalue weighted by atomic mass is 10.1. The maximum Gasteiger partial charge on any atom is 0.243 e. The minimum atomic E-state index is -0.128. The van der Waals surface area contributed by atoms with E-state index in [9.17, 15) is 4.79 Å². The van der Waals surface area contributed by atoms with E-state index in [0.29, 0.717) is 5.11 Å². The van der Waals surface area contributed by atoms with Crippen molar-refractivity contribution in [2.24, 2.45) is 0 Å². The van der Waals surface area contributed by atoms with Crippen LogP contribution in [0, 0.1) is 27.7 Å². The Morgan fingerprint density at radius 3 is 2.12 bits per heavy atom. The van der Waals surface area contributed by atoms with Crippen LogP contribution in [0.2, 0.25) is 0 Å². The lowest BCUT2D eigenvalue weighted by Crippen LogP contribution is -2.35. The third-order valence-electron chi connectivity index (χ3n) is 3.63. The first-order chi connectivity index (χ1) is 11.3. The van der Waals surface area contributed by atoms with Crippen molar-refractivity contribution >= 4 is 34.6 Å². The van der Waals surface area contributed by atoms with E-state index in [1.54, 1.807) is 0 Å². The third kappa shape index (κ3) is 5.06. The second kappa shape index (κ2) is 7.93. The van der Waals surface area contributed by atoms with Crippen LogP contribution in [0.25, 0.3) is 0 Å². The smallest absolute Gasteiger partial charge is 0.243 e. The summed E-state index contributed by atoms with van der Waals surface area (Å²) < 4.78 is 0. The molecule has 0 radical (unpaired) electrons. The molecule has 3 N–H and O–H groups in total. The number of hydrogen-bond donors (Lipinski definition) is 3. The van der Waals surface area contributed by atoms with Crippen molar-refractivity contribution in [3.05, 3.63) is 58.7 Å². The quantitative estimate of drug-likeness (QED) is 0.740. The monoisotopic (exact) mass is 341 g/mol. The summed E-state index contributed by atoms with van der Waals surface area (Å²) in [7, 11) is 0. The summed E-state index contributed by atoms with van der Waals surface area (Å²) in [5.41, 5.74) is 6.18. The van der Waals surface area contributed by atoms with Crippen LogP contribution in [-0.2, 0) is 4.79 Å². The number of aryl methyl sites for hydroxylation is 4. The van der Waals surface area contributed by atoms with Crippen molar-refractivity contribution in [3.8, 4) is 0 Å². The zero-order chi connectivity index (χ0) is 17.7. The number of carbonyl (C=O) groups is 1. The number of anilines is 2. The minimum absolute atomic E-state index is 0.115. The second-order valence-electron chi connectivity index (χ2n) is 6.00. The van der Waals surface area contributed by atoms with E-state index in [-0.39, 0.29) is 12.5 Å². The molecule has 0 aromatic heterocycles. The molecule has 2 aromatic carbocycles. The van der Waals surface area contributed by atoms with E-state index >= 15 is 0 Å². The van der Waals surface area contributed by atoms with Gasteiger partial charge in [0.25, 0.3) is 0 Å². The first-order valence-corrected chi connectivity index (χ1v) is 8.25. The van der Waals surface area contributed by atoms with Gasteiger partial charge in [0.1, 0.15) is 0 Å². The maximum atomic E-state index is 12.1. The number of amides is 1. The Bertz CT molecular complexity index is 731. The zero-order valence-corrected chi connectivity index (χ0v) is 15.3. The maximum absolute atomic E-state index is 12.1. The van der Waals surface area contributed by atoms with E-state index < -0.39 is 0 Å². The Balaban J connectivity index is 1.88. The number of rotatable bonds is 4. The lowest BCUT2D eigenvalue weighted by molar-refractivity contribution is -0.115. The van der Waals surface area contributed by atoms with Gasteiger partial charge in [0.2, 0.25) is 5.91 Å². The van der Waals surface area contributed by atoms with Gasteiger partial charge >= 0.3 is 0 Å². The predicted molar refractivity (Wildman–Crippen MR) is 105 cm³/mol. The van der Waals surface area contributed by atoms with Gasteiger partial charge in [-0.05, 0) is 74.3 Å². The molecular weight excluding hydrogens is 318 g/mol. The Morgan fingerprint density at radius 2 is 1.54 bits per heavy atom. The molecule has 0 heterocycles. The normalized spacial score (nSPS) is 10.2. The number of benzene rings is 2. The molecule has 4 nitrogen and oxygen atoms in total. The highest BCUT2D eigenvalue weighted by Crippen LogP contribution is 2.19. The summed E-state index contributed by atoms with van der Waals surface area (Å²) in [4.78, 5) is 12.1. The molecule has 2 rings (SSSR count).